The summed E-state index contributed by atoms with van der Waals surface area (Å²) in [5.74, 6) is 3.01. The van der Waals surface area contributed by atoms with Crippen molar-refractivity contribution in [2.45, 2.75) is 53.6 Å². The van der Waals surface area contributed by atoms with Crippen molar-refractivity contribution in [1.82, 2.24) is 0 Å². The van der Waals surface area contributed by atoms with Crippen LogP contribution >= 0.6 is 0 Å². The zero-order chi connectivity index (χ0) is 21.4. The van der Waals surface area contributed by atoms with Gasteiger partial charge in [0.25, 0.3) is 0 Å². The molecule has 4 heteroatoms. The topological polar surface area (TPSA) is 31.2 Å². The molecule has 0 fully saturated rings. The van der Waals surface area contributed by atoms with Crippen molar-refractivity contribution in [3.63, 3.8) is 0 Å². The fraction of sp³-hybridized carbons (Fsp3) is 0.462. The van der Waals surface area contributed by atoms with E-state index in [1.807, 2.05) is 0 Å². The van der Waals surface area contributed by atoms with Gasteiger partial charge in [0.1, 0.15) is 0 Å². The van der Waals surface area contributed by atoms with E-state index in [-0.39, 0.29) is 12.1 Å². The highest BCUT2D eigenvalue weighted by Gasteiger charge is 2.38. The first-order valence-electron chi connectivity index (χ1n) is 11.2. The van der Waals surface area contributed by atoms with Crippen LogP contribution in [0.5, 0.6) is 0 Å². The van der Waals surface area contributed by atoms with Crippen molar-refractivity contribution in [2.24, 2.45) is 21.8 Å². The predicted molar refractivity (Wildman–Crippen MR) is 129 cm³/mol. The van der Waals surface area contributed by atoms with Gasteiger partial charge in [0.2, 0.25) is 0 Å². The monoisotopic (exact) mass is 402 g/mol. The summed E-state index contributed by atoms with van der Waals surface area (Å²) in [6.07, 6.45) is 0. The van der Waals surface area contributed by atoms with E-state index < -0.39 is 0 Å². The molecule has 4 rings (SSSR count). The molecule has 2 aliphatic rings. The van der Waals surface area contributed by atoms with Crippen LogP contribution in [0, 0.1) is 25.7 Å². The number of benzene rings is 2. The van der Waals surface area contributed by atoms with Crippen LogP contribution in [0.4, 0.5) is 11.4 Å². The normalized spacial score (nSPS) is 21.6. The molecule has 0 saturated heterocycles. The average molecular weight is 403 g/mol. The van der Waals surface area contributed by atoms with Gasteiger partial charge in [0, 0.05) is 24.5 Å². The second-order valence-electron chi connectivity index (χ2n) is 9.42. The molecule has 2 aromatic rings. The van der Waals surface area contributed by atoms with Crippen molar-refractivity contribution in [2.75, 3.05) is 22.9 Å². The van der Waals surface area contributed by atoms with Gasteiger partial charge in [-0.25, -0.2) is 0 Å². The maximum absolute atomic E-state index is 5.21. The molecule has 2 aliphatic heterocycles. The molecule has 0 bridgehead atoms. The Morgan fingerprint density at radius 1 is 0.633 bits per heavy atom. The third-order valence-electron chi connectivity index (χ3n) is 6.26. The van der Waals surface area contributed by atoms with Crippen LogP contribution in [0.1, 0.15) is 38.8 Å². The van der Waals surface area contributed by atoms with Crippen molar-refractivity contribution >= 4 is 23.0 Å². The lowest BCUT2D eigenvalue weighted by molar-refractivity contribution is 0.521. The van der Waals surface area contributed by atoms with E-state index in [2.05, 4.69) is 99.9 Å². The molecule has 0 amide bonds. The Hall–Kier alpha value is -2.62. The maximum atomic E-state index is 5.21. The molecule has 0 aromatic heterocycles. The molecule has 2 aromatic carbocycles. The number of aryl methyl sites for hydroxylation is 2. The first-order valence-corrected chi connectivity index (χ1v) is 11.2. The molecule has 2 atom stereocenters. The molecule has 0 aliphatic carbocycles. The summed E-state index contributed by atoms with van der Waals surface area (Å²) >= 11 is 0. The Balaban J connectivity index is 1.76. The summed E-state index contributed by atoms with van der Waals surface area (Å²) in [4.78, 5) is 15.1. The Morgan fingerprint density at radius 3 is 1.27 bits per heavy atom. The van der Waals surface area contributed by atoms with Gasteiger partial charge in [-0.05, 0) is 49.9 Å². The Morgan fingerprint density at radius 2 is 0.967 bits per heavy atom. The van der Waals surface area contributed by atoms with Crippen LogP contribution in [0.3, 0.4) is 0 Å². The lowest BCUT2D eigenvalue weighted by atomic mass is 10.1. The summed E-state index contributed by atoms with van der Waals surface area (Å²) in [6, 6.07) is 18.1. The standard InChI is InChI=1S/C26H34N4/c1-17(2)23-15-29(21-11-7-19(5)8-12-21)25(27-23)26-28-24(18(3)4)16-30(26)22-13-9-20(6)10-14-22/h7-14,17-18,23-24H,15-16H2,1-6H3/t23-,24-/m1/s1. The molecule has 30 heavy (non-hydrogen) atoms. The van der Waals surface area contributed by atoms with Gasteiger partial charge in [-0.15, -0.1) is 0 Å². The minimum absolute atomic E-state index is 0.280. The third kappa shape index (κ3) is 4.00. The first-order chi connectivity index (χ1) is 14.3. The van der Waals surface area contributed by atoms with Crippen LogP contribution in [0.15, 0.2) is 58.5 Å². The number of anilines is 2. The van der Waals surface area contributed by atoms with Gasteiger partial charge in [0.05, 0.1) is 12.1 Å². The largest absolute Gasteiger partial charge is 0.321 e. The van der Waals surface area contributed by atoms with Crippen LogP contribution < -0.4 is 9.80 Å². The van der Waals surface area contributed by atoms with Crippen LogP contribution in [-0.2, 0) is 0 Å². The van der Waals surface area contributed by atoms with E-state index in [4.69, 9.17) is 9.98 Å². The second kappa shape index (κ2) is 8.25. The Bertz CT molecular complexity index is 859. The SMILES string of the molecule is Cc1ccc(N2C[C@H](C(C)C)N=C2C2=N[C@@H](C(C)C)CN2c2ccc(C)cc2)cc1. The molecular formula is C26H34N4. The van der Waals surface area contributed by atoms with Crippen LogP contribution in [0.2, 0.25) is 0 Å². The van der Waals surface area contributed by atoms with Gasteiger partial charge in [0.15, 0.2) is 11.7 Å². The minimum Gasteiger partial charge on any atom is -0.321 e. The van der Waals surface area contributed by atoms with Crippen molar-refractivity contribution in [1.29, 1.82) is 0 Å². The summed E-state index contributed by atoms with van der Waals surface area (Å²) in [7, 11) is 0. The lowest BCUT2D eigenvalue weighted by Gasteiger charge is -2.27. The van der Waals surface area contributed by atoms with E-state index in [1.54, 1.807) is 0 Å². The fourth-order valence-electron chi connectivity index (χ4n) is 4.06. The van der Waals surface area contributed by atoms with Gasteiger partial charge in [-0.3, -0.25) is 9.98 Å². The van der Waals surface area contributed by atoms with E-state index in [0.29, 0.717) is 11.8 Å². The van der Waals surface area contributed by atoms with E-state index in [9.17, 15) is 0 Å². The molecule has 2 heterocycles. The Labute approximate surface area is 181 Å². The lowest BCUT2D eigenvalue weighted by Crippen LogP contribution is -2.42. The summed E-state index contributed by atoms with van der Waals surface area (Å²) in [6.45, 7) is 15.1. The highest BCUT2D eigenvalue weighted by atomic mass is 15.4. The molecule has 0 spiro atoms. The van der Waals surface area contributed by atoms with E-state index >= 15 is 0 Å². The van der Waals surface area contributed by atoms with Crippen LogP contribution in [-0.4, -0.2) is 36.8 Å². The summed E-state index contributed by atoms with van der Waals surface area (Å²) in [5.41, 5.74) is 4.94. The summed E-state index contributed by atoms with van der Waals surface area (Å²) in [5, 5.41) is 0. The first kappa shape index (κ1) is 20.6. The Kier molecular flexibility index (Phi) is 5.68. The maximum Gasteiger partial charge on any atom is 0.172 e. The minimum atomic E-state index is 0.280. The third-order valence-corrected chi connectivity index (χ3v) is 6.26. The molecule has 0 unspecified atom stereocenters. The van der Waals surface area contributed by atoms with Crippen molar-refractivity contribution < 1.29 is 0 Å². The molecule has 0 N–H and O–H groups in total. The van der Waals surface area contributed by atoms with Crippen molar-refractivity contribution in [3.05, 3.63) is 59.7 Å². The highest BCUT2D eigenvalue weighted by Crippen LogP contribution is 2.30. The zero-order valence-electron chi connectivity index (χ0n) is 19.1. The van der Waals surface area contributed by atoms with E-state index in [1.165, 1.54) is 22.5 Å². The van der Waals surface area contributed by atoms with Gasteiger partial charge in [-0.2, -0.15) is 0 Å². The smallest absolute Gasteiger partial charge is 0.172 e. The number of hydrogen-bond donors (Lipinski definition) is 0. The number of aliphatic imine (C=N–C) groups is 2. The molecule has 0 radical (unpaired) electrons. The summed E-state index contributed by atoms with van der Waals surface area (Å²) < 4.78 is 0. The zero-order valence-corrected chi connectivity index (χ0v) is 19.1. The molecule has 0 saturated carbocycles. The predicted octanol–water partition coefficient (Wildman–Crippen LogP) is 5.49. The number of nitrogens with zero attached hydrogens (tertiary/aromatic N) is 4. The van der Waals surface area contributed by atoms with E-state index in [0.717, 1.165) is 24.8 Å². The number of rotatable bonds is 5. The molecule has 158 valence electrons. The van der Waals surface area contributed by atoms with Gasteiger partial charge < -0.3 is 9.80 Å². The number of amidine groups is 2. The average Bonchev–Trinajstić information content (AvgIpc) is 3.34. The second-order valence-corrected chi connectivity index (χ2v) is 9.42. The van der Waals surface area contributed by atoms with Crippen LogP contribution in [0.25, 0.3) is 0 Å². The molecular weight excluding hydrogens is 368 g/mol. The molecule has 4 nitrogen and oxygen atoms in total. The van der Waals surface area contributed by atoms with Gasteiger partial charge >= 0.3 is 0 Å². The fourth-order valence-corrected chi connectivity index (χ4v) is 4.06. The quantitative estimate of drug-likeness (QED) is 0.662. The van der Waals surface area contributed by atoms with Gasteiger partial charge in [-0.1, -0.05) is 63.1 Å². The number of hydrogen-bond acceptors (Lipinski definition) is 4. The van der Waals surface area contributed by atoms with Crippen molar-refractivity contribution in [3.8, 4) is 0 Å². The highest BCUT2D eigenvalue weighted by molar-refractivity contribution is 6.50.